The van der Waals surface area contributed by atoms with Crippen LogP contribution in [0.1, 0.15) is 44.1 Å². The SMILES string of the molecule is OC(CNc1cccnc1)COc1ccc(C23CC4CC(CC(C4)C2)C3)cc1. The standard InChI is InChI=1S/C24H30N2O2/c27-22(15-26-21-2-1-7-25-14-21)16-28-23-5-3-20(4-6-23)24-11-17-8-18(12-24)10-19(9-17)13-24/h1-7,14,17-19,22,26-27H,8-13,15-16H2. The number of rotatable bonds is 7. The van der Waals surface area contributed by atoms with Gasteiger partial charge in [-0.2, -0.15) is 0 Å². The van der Waals surface area contributed by atoms with Crippen LogP contribution in [-0.2, 0) is 5.41 Å². The highest BCUT2D eigenvalue weighted by Crippen LogP contribution is 2.60. The Morgan fingerprint density at radius 1 is 1.04 bits per heavy atom. The molecule has 4 aliphatic rings. The fourth-order valence-corrected chi connectivity index (χ4v) is 6.32. The predicted octanol–water partition coefficient (Wildman–Crippen LogP) is 4.40. The van der Waals surface area contributed by atoms with Gasteiger partial charge in [0.1, 0.15) is 18.5 Å². The van der Waals surface area contributed by atoms with Gasteiger partial charge >= 0.3 is 0 Å². The van der Waals surface area contributed by atoms with Gasteiger partial charge < -0.3 is 15.2 Å². The summed E-state index contributed by atoms with van der Waals surface area (Å²) in [7, 11) is 0. The minimum absolute atomic E-state index is 0.282. The van der Waals surface area contributed by atoms with E-state index < -0.39 is 6.10 Å². The molecule has 28 heavy (non-hydrogen) atoms. The van der Waals surface area contributed by atoms with E-state index in [4.69, 9.17) is 4.74 Å². The maximum absolute atomic E-state index is 10.2. The highest BCUT2D eigenvalue weighted by molar-refractivity contribution is 5.39. The maximum atomic E-state index is 10.2. The molecule has 2 aromatic rings. The molecule has 4 aliphatic carbocycles. The molecule has 0 spiro atoms. The first-order valence-corrected chi connectivity index (χ1v) is 10.7. The van der Waals surface area contributed by atoms with E-state index in [1.807, 2.05) is 12.1 Å². The van der Waals surface area contributed by atoms with Gasteiger partial charge in [-0.3, -0.25) is 4.98 Å². The van der Waals surface area contributed by atoms with Gasteiger partial charge in [-0.25, -0.2) is 0 Å². The van der Waals surface area contributed by atoms with Crippen molar-refractivity contribution in [2.45, 2.75) is 50.0 Å². The molecule has 4 bridgehead atoms. The number of nitrogens with one attached hydrogen (secondary N) is 1. The summed E-state index contributed by atoms with van der Waals surface area (Å²) in [5.74, 6) is 3.73. The van der Waals surface area contributed by atoms with Crippen LogP contribution in [-0.4, -0.2) is 29.3 Å². The summed E-state index contributed by atoms with van der Waals surface area (Å²) in [6.45, 7) is 0.723. The van der Waals surface area contributed by atoms with Crippen molar-refractivity contribution in [3.63, 3.8) is 0 Å². The third kappa shape index (κ3) is 3.62. The number of benzene rings is 1. The Labute approximate surface area is 167 Å². The Bertz CT molecular complexity index is 755. The van der Waals surface area contributed by atoms with Gasteiger partial charge in [-0.05, 0) is 91.5 Å². The lowest BCUT2D eigenvalue weighted by molar-refractivity contribution is -0.00521. The van der Waals surface area contributed by atoms with Gasteiger partial charge in [0.2, 0.25) is 0 Å². The molecule has 1 aromatic carbocycles. The van der Waals surface area contributed by atoms with E-state index in [2.05, 4.69) is 34.6 Å². The van der Waals surface area contributed by atoms with E-state index in [9.17, 15) is 5.11 Å². The zero-order valence-corrected chi connectivity index (χ0v) is 16.4. The van der Waals surface area contributed by atoms with Gasteiger partial charge in [-0.15, -0.1) is 0 Å². The number of ether oxygens (including phenoxy) is 1. The number of aliphatic hydroxyl groups is 1. The lowest BCUT2D eigenvalue weighted by Crippen LogP contribution is -2.48. The van der Waals surface area contributed by atoms with Crippen molar-refractivity contribution >= 4 is 5.69 Å². The van der Waals surface area contributed by atoms with Gasteiger partial charge in [-0.1, -0.05) is 12.1 Å². The summed E-state index contributed by atoms with van der Waals surface area (Å²) in [6, 6.07) is 12.6. The van der Waals surface area contributed by atoms with Gasteiger partial charge in [0, 0.05) is 18.9 Å². The van der Waals surface area contributed by atoms with Gasteiger partial charge in [0.05, 0.1) is 5.69 Å². The summed E-state index contributed by atoms with van der Waals surface area (Å²) >= 11 is 0. The average molecular weight is 379 g/mol. The third-order valence-corrected chi connectivity index (χ3v) is 7.15. The molecule has 1 heterocycles. The average Bonchev–Trinajstić information content (AvgIpc) is 2.71. The quantitative estimate of drug-likeness (QED) is 0.750. The van der Waals surface area contributed by atoms with Crippen LogP contribution in [0.2, 0.25) is 0 Å². The molecule has 4 saturated carbocycles. The summed E-state index contributed by atoms with van der Waals surface area (Å²) < 4.78 is 5.82. The first-order chi connectivity index (χ1) is 13.7. The van der Waals surface area contributed by atoms with Crippen LogP contribution in [0.4, 0.5) is 5.69 Å². The highest BCUT2D eigenvalue weighted by Gasteiger charge is 2.51. The molecule has 1 aromatic heterocycles. The number of pyridine rings is 1. The van der Waals surface area contributed by atoms with E-state index in [0.29, 0.717) is 12.0 Å². The van der Waals surface area contributed by atoms with Crippen molar-refractivity contribution in [2.75, 3.05) is 18.5 Å². The zero-order chi connectivity index (χ0) is 19.0. The van der Waals surface area contributed by atoms with Crippen LogP contribution in [0.25, 0.3) is 0 Å². The molecule has 0 saturated heterocycles. The molecule has 6 rings (SSSR count). The summed E-state index contributed by atoms with van der Waals surface area (Å²) in [6.07, 6.45) is 11.5. The Balaban J connectivity index is 1.16. The van der Waals surface area contributed by atoms with Crippen LogP contribution in [0.3, 0.4) is 0 Å². The second-order valence-electron chi connectivity index (χ2n) is 9.31. The van der Waals surface area contributed by atoms with Crippen LogP contribution >= 0.6 is 0 Å². The largest absolute Gasteiger partial charge is 0.491 e. The molecular formula is C24H30N2O2. The normalized spacial score (nSPS) is 31.5. The third-order valence-electron chi connectivity index (χ3n) is 7.15. The predicted molar refractivity (Wildman–Crippen MR) is 111 cm³/mol. The Morgan fingerprint density at radius 2 is 1.71 bits per heavy atom. The summed E-state index contributed by atoms with van der Waals surface area (Å²) in [5, 5.41) is 13.3. The van der Waals surface area contributed by atoms with E-state index in [1.165, 1.54) is 44.1 Å². The molecule has 2 N–H and O–H groups in total. The number of hydrogen-bond donors (Lipinski definition) is 2. The topological polar surface area (TPSA) is 54.4 Å². The molecule has 4 nitrogen and oxygen atoms in total. The zero-order valence-electron chi connectivity index (χ0n) is 16.4. The van der Waals surface area contributed by atoms with Crippen LogP contribution in [0.5, 0.6) is 5.75 Å². The van der Waals surface area contributed by atoms with E-state index >= 15 is 0 Å². The Morgan fingerprint density at radius 3 is 2.32 bits per heavy atom. The van der Waals surface area contributed by atoms with Crippen molar-refractivity contribution in [2.24, 2.45) is 17.8 Å². The first-order valence-electron chi connectivity index (χ1n) is 10.7. The summed E-state index contributed by atoms with van der Waals surface area (Å²) in [4.78, 5) is 4.06. The minimum atomic E-state index is -0.567. The smallest absolute Gasteiger partial charge is 0.119 e. The van der Waals surface area contributed by atoms with Crippen molar-refractivity contribution in [1.82, 2.24) is 4.98 Å². The van der Waals surface area contributed by atoms with Crippen LogP contribution in [0.15, 0.2) is 48.8 Å². The Hall–Kier alpha value is -2.07. The van der Waals surface area contributed by atoms with Crippen molar-refractivity contribution in [3.8, 4) is 5.75 Å². The molecular weight excluding hydrogens is 348 g/mol. The number of hydrogen-bond acceptors (Lipinski definition) is 4. The lowest BCUT2D eigenvalue weighted by atomic mass is 9.48. The number of nitrogens with zero attached hydrogens (tertiary/aromatic N) is 1. The van der Waals surface area contributed by atoms with Crippen LogP contribution in [0, 0.1) is 17.8 Å². The molecule has 4 heteroatoms. The number of aromatic nitrogens is 1. The summed E-state index contributed by atoms with van der Waals surface area (Å²) in [5.41, 5.74) is 2.85. The monoisotopic (exact) mass is 378 g/mol. The maximum Gasteiger partial charge on any atom is 0.119 e. The number of anilines is 1. The van der Waals surface area contributed by atoms with Crippen LogP contribution < -0.4 is 10.1 Å². The fourth-order valence-electron chi connectivity index (χ4n) is 6.32. The minimum Gasteiger partial charge on any atom is -0.491 e. The van der Waals surface area contributed by atoms with Crippen molar-refractivity contribution in [1.29, 1.82) is 0 Å². The lowest BCUT2D eigenvalue weighted by Gasteiger charge is -2.57. The van der Waals surface area contributed by atoms with Crippen molar-refractivity contribution < 1.29 is 9.84 Å². The van der Waals surface area contributed by atoms with E-state index in [0.717, 1.165) is 29.2 Å². The molecule has 4 fully saturated rings. The Kier molecular flexibility index (Phi) is 4.75. The highest BCUT2D eigenvalue weighted by atomic mass is 16.5. The molecule has 1 unspecified atom stereocenters. The molecule has 0 aliphatic heterocycles. The second kappa shape index (κ2) is 7.40. The fraction of sp³-hybridized carbons (Fsp3) is 0.542. The van der Waals surface area contributed by atoms with Gasteiger partial charge in [0.15, 0.2) is 0 Å². The van der Waals surface area contributed by atoms with Crippen molar-refractivity contribution in [3.05, 3.63) is 54.4 Å². The first kappa shape index (κ1) is 18.0. The molecule has 0 amide bonds. The second-order valence-corrected chi connectivity index (χ2v) is 9.31. The van der Waals surface area contributed by atoms with E-state index in [1.54, 1.807) is 12.4 Å². The molecule has 148 valence electrons. The number of aliphatic hydroxyl groups excluding tert-OH is 1. The molecule has 1 atom stereocenters. The molecule has 0 radical (unpaired) electrons. The van der Waals surface area contributed by atoms with E-state index in [-0.39, 0.29) is 6.61 Å². The van der Waals surface area contributed by atoms with Gasteiger partial charge in [0.25, 0.3) is 0 Å².